The summed E-state index contributed by atoms with van der Waals surface area (Å²) in [7, 11) is 0. The number of thiophene rings is 1. The normalized spacial score (nSPS) is 11.4. The monoisotopic (exact) mass is 377 g/mol. The van der Waals surface area contributed by atoms with Gasteiger partial charge in [-0.25, -0.2) is 0 Å². The van der Waals surface area contributed by atoms with Gasteiger partial charge in [-0.05, 0) is 52.2 Å². The van der Waals surface area contributed by atoms with Crippen molar-refractivity contribution in [2.45, 2.75) is 12.6 Å². The molecule has 2 nitrogen and oxygen atoms in total. The van der Waals surface area contributed by atoms with Gasteiger partial charge < -0.3 is 5.32 Å². The molecule has 0 saturated heterocycles. The maximum absolute atomic E-state index is 12.4. The molecular formula is C14H11BrF3NOS. The van der Waals surface area contributed by atoms with E-state index in [9.17, 15) is 18.0 Å². The minimum atomic E-state index is -4.32. The number of alkyl halides is 3. The molecule has 0 atom stereocenters. The minimum Gasteiger partial charge on any atom is -0.351 e. The first-order valence-corrected chi connectivity index (χ1v) is 7.67. The van der Waals surface area contributed by atoms with E-state index in [-0.39, 0.29) is 5.91 Å². The van der Waals surface area contributed by atoms with Crippen LogP contribution in [0.1, 0.15) is 20.8 Å². The Balaban J connectivity index is 1.85. The number of hydrogen-bond donors (Lipinski definition) is 1. The largest absolute Gasteiger partial charge is 0.416 e. The highest BCUT2D eigenvalue weighted by Crippen LogP contribution is 2.29. The quantitative estimate of drug-likeness (QED) is 0.834. The Hall–Kier alpha value is -1.34. The molecule has 112 valence electrons. The van der Waals surface area contributed by atoms with E-state index in [1.807, 2.05) is 0 Å². The van der Waals surface area contributed by atoms with Crippen molar-refractivity contribution in [1.29, 1.82) is 0 Å². The van der Waals surface area contributed by atoms with E-state index >= 15 is 0 Å². The highest BCUT2D eigenvalue weighted by atomic mass is 79.9. The summed E-state index contributed by atoms with van der Waals surface area (Å²) in [5, 5.41) is 2.73. The fourth-order valence-corrected chi connectivity index (χ4v) is 3.01. The number of benzene rings is 1. The van der Waals surface area contributed by atoms with Crippen LogP contribution in [0, 0.1) is 0 Å². The van der Waals surface area contributed by atoms with Crippen LogP contribution in [0.5, 0.6) is 0 Å². The number of halogens is 4. The Morgan fingerprint density at radius 1 is 1.14 bits per heavy atom. The van der Waals surface area contributed by atoms with Crippen molar-refractivity contribution >= 4 is 33.2 Å². The van der Waals surface area contributed by atoms with Gasteiger partial charge in [0.15, 0.2) is 0 Å². The zero-order valence-electron chi connectivity index (χ0n) is 10.7. The lowest BCUT2D eigenvalue weighted by molar-refractivity contribution is -0.137. The number of carbonyl (C=O) groups is 1. The zero-order chi connectivity index (χ0) is 15.5. The van der Waals surface area contributed by atoms with Gasteiger partial charge in [-0.1, -0.05) is 12.1 Å². The number of rotatable bonds is 4. The number of carbonyl (C=O) groups excluding carboxylic acids is 1. The van der Waals surface area contributed by atoms with E-state index in [2.05, 4.69) is 21.2 Å². The third kappa shape index (κ3) is 4.57. The van der Waals surface area contributed by atoms with E-state index in [0.717, 1.165) is 21.5 Å². The van der Waals surface area contributed by atoms with Gasteiger partial charge in [0, 0.05) is 6.54 Å². The maximum atomic E-state index is 12.4. The van der Waals surface area contributed by atoms with Crippen LogP contribution in [0.25, 0.3) is 0 Å². The average molecular weight is 378 g/mol. The van der Waals surface area contributed by atoms with Crippen LogP contribution in [0.4, 0.5) is 13.2 Å². The summed E-state index contributed by atoms with van der Waals surface area (Å²) in [6.07, 6.45) is -3.84. The molecule has 0 aliphatic carbocycles. The van der Waals surface area contributed by atoms with Crippen LogP contribution in [-0.2, 0) is 12.6 Å². The van der Waals surface area contributed by atoms with Gasteiger partial charge in [-0.3, -0.25) is 4.79 Å². The van der Waals surface area contributed by atoms with E-state index in [1.54, 1.807) is 12.1 Å². The molecule has 0 aliphatic heterocycles. The zero-order valence-corrected chi connectivity index (χ0v) is 13.1. The van der Waals surface area contributed by atoms with Gasteiger partial charge in [0.25, 0.3) is 5.91 Å². The van der Waals surface area contributed by atoms with Gasteiger partial charge in [0.2, 0.25) is 0 Å². The first kappa shape index (κ1) is 16.0. The molecule has 0 saturated carbocycles. The molecule has 0 bridgehead atoms. The number of nitrogens with one attached hydrogen (secondary N) is 1. The molecule has 21 heavy (non-hydrogen) atoms. The smallest absolute Gasteiger partial charge is 0.351 e. The van der Waals surface area contributed by atoms with Crippen LogP contribution in [-0.4, -0.2) is 12.5 Å². The predicted molar refractivity (Wildman–Crippen MR) is 79.5 cm³/mol. The highest BCUT2D eigenvalue weighted by Gasteiger charge is 2.29. The van der Waals surface area contributed by atoms with Gasteiger partial charge >= 0.3 is 6.18 Å². The maximum Gasteiger partial charge on any atom is 0.416 e. The van der Waals surface area contributed by atoms with Crippen molar-refractivity contribution in [3.63, 3.8) is 0 Å². The Morgan fingerprint density at radius 3 is 2.33 bits per heavy atom. The van der Waals surface area contributed by atoms with Crippen molar-refractivity contribution in [3.05, 3.63) is 56.2 Å². The van der Waals surface area contributed by atoms with Crippen molar-refractivity contribution in [2.75, 3.05) is 6.54 Å². The Kier molecular flexibility index (Phi) is 5.05. The number of amides is 1. The molecule has 1 heterocycles. The van der Waals surface area contributed by atoms with Crippen LogP contribution in [0.3, 0.4) is 0 Å². The summed E-state index contributed by atoms with van der Waals surface area (Å²) in [6, 6.07) is 8.45. The third-order valence-electron chi connectivity index (χ3n) is 2.78. The molecule has 2 aromatic rings. The summed E-state index contributed by atoms with van der Waals surface area (Å²) in [4.78, 5) is 12.4. The summed E-state index contributed by atoms with van der Waals surface area (Å²) >= 11 is 4.60. The SMILES string of the molecule is O=C(NCCc1ccc(C(F)(F)F)cc1)c1ccc(Br)s1. The molecule has 1 amide bonds. The van der Waals surface area contributed by atoms with Gasteiger partial charge in [-0.15, -0.1) is 11.3 Å². The summed E-state index contributed by atoms with van der Waals surface area (Å²) < 4.78 is 38.1. The standard InChI is InChI=1S/C14H11BrF3NOS/c15-12-6-5-11(21-12)13(20)19-8-7-9-1-3-10(4-2-9)14(16,17)18/h1-6H,7-8H2,(H,19,20). The summed E-state index contributed by atoms with van der Waals surface area (Å²) in [5.41, 5.74) is 0.0781. The Labute approximate surface area is 132 Å². The predicted octanol–water partition coefficient (Wildman–Crippen LogP) is 4.50. The van der Waals surface area contributed by atoms with E-state index in [4.69, 9.17) is 0 Å². The highest BCUT2D eigenvalue weighted by molar-refractivity contribution is 9.11. The van der Waals surface area contributed by atoms with Gasteiger partial charge in [-0.2, -0.15) is 13.2 Å². The fourth-order valence-electron chi connectivity index (χ4n) is 1.70. The lowest BCUT2D eigenvalue weighted by atomic mass is 10.1. The fraction of sp³-hybridized carbons (Fsp3) is 0.214. The molecule has 0 aliphatic rings. The van der Waals surface area contributed by atoms with Crippen LogP contribution >= 0.6 is 27.3 Å². The molecule has 7 heteroatoms. The first-order chi connectivity index (χ1) is 9.86. The minimum absolute atomic E-state index is 0.183. The molecule has 1 aromatic carbocycles. The van der Waals surface area contributed by atoms with Crippen molar-refractivity contribution in [2.24, 2.45) is 0 Å². The van der Waals surface area contributed by atoms with Gasteiger partial charge in [0.1, 0.15) is 0 Å². The van der Waals surface area contributed by atoms with E-state index in [0.29, 0.717) is 17.8 Å². The van der Waals surface area contributed by atoms with Crippen molar-refractivity contribution < 1.29 is 18.0 Å². The summed E-state index contributed by atoms with van der Waals surface area (Å²) in [6.45, 7) is 0.375. The lowest BCUT2D eigenvalue weighted by Crippen LogP contribution is -2.24. The third-order valence-corrected chi connectivity index (χ3v) is 4.40. The van der Waals surface area contributed by atoms with Crippen molar-refractivity contribution in [1.82, 2.24) is 5.32 Å². The molecule has 2 rings (SSSR count). The van der Waals surface area contributed by atoms with Crippen molar-refractivity contribution in [3.8, 4) is 0 Å². The summed E-state index contributed by atoms with van der Waals surface area (Å²) in [5.74, 6) is -0.183. The molecule has 0 radical (unpaired) electrons. The van der Waals surface area contributed by atoms with Crippen LogP contribution in [0.15, 0.2) is 40.2 Å². The molecule has 0 fully saturated rings. The first-order valence-electron chi connectivity index (χ1n) is 6.06. The molecule has 0 spiro atoms. The second-order valence-corrected chi connectivity index (χ2v) is 6.77. The molecule has 0 unspecified atom stereocenters. The number of hydrogen-bond acceptors (Lipinski definition) is 2. The molecular weight excluding hydrogens is 367 g/mol. The topological polar surface area (TPSA) is 29.1 Å². The second kappa shape index (κ2) is 6.62. The van der Waals surface area contributed by atoms with Gasteiger partial charge in [0.05, 0.1) is 14.2 Å². The average Bonchev–Trinajstić information content (AvgIpc) is 2.85. The van der Waals surface area contributed by atoms with Crippen LogP contribution < -0.4 is 5.32 Å². The Morgan fingerprint density at radius 2 is 1.81 bits per heavy atom. The molecule has 1 N–H and O–H groups in total. The lowest BCUT2D eigenvalue weighted by Gasteiger charge is -2.08. The van der Waals surface area contributed by atoms with E-state index in [1.165, 1.54) is 23.5 Å². The molecule has 1 aromatic heterocycles. The van der Waals surface area contributed by atoms with E-state index < -0.39 is 11.7 Å². The van der Waals surface area contributed by atoms with Crippen LogP contribution in [0.2, 0.25) is 0 Å². The second-order valence-electron chi connectivity index (χ2n) is 4.30. The Bertz CT molecular complexity index is 622.